The molecular weight excluding hydrogens is 196 g/mol. The van der Waals surface area contributed by atoms with Crippen molar-refractivity contribution in [2.45, 2.75) is 25.2 Å². The van der Waals surface area contributed by atoms with E-state index in [0.29, 0.717) is 0 Å². The van der Waals surface area contributed by atoms with E-state index in [0.717, 1.165) is 16.9 Å². The molecule has 3 heteroatoms. The molecule has 1 N–H and O–H groups in total. The summed E-state index contributed by atoms with van der Waals surface area (Å²) in [5.41, 5.74) is 1.96. The van der Waals surface area contributed by atoms with Gasteiger partial charge in [-0.05, 0) is 35.9 Å². The Balaban J connectivity index is 2.84. The molecule has 0 heterocycles. The summed E-state index contributed by atoms with van der Waals surface area (Å²) in [6, 6.07) is 5.94. The molecule has 0 aliphatic rings. The van der Waals surface area contributed by atoms with E-state index in [-0.39, 0.29) is 6.42 Å². The van der Waals surface area contributed by atoms with Gasteiger partial charge in [-0.25, -0.2) is 0 Å². The van der Waals surface area contributed by atoms with Gasteiger partial charge in [0.15, 0.2) is 0 Å². The van der Waals surface area contributed by atoms with Crippen molar-refractivity contribution >= 4 is 17.7 Å². The molecule has 0 atom stereocenters. The minimum absolute atomic E-state index is 0.114. The second-order valence-electron chi connectivity index (χ2n) is 3.09. The first kappa shape index (κ1) is 11.1. The largest absolute Gasteiger partial charge is 0.481 e. The second kappa shape index (κ2) is 5.05. The van der Waals surface area contributed by atoms with Crippen LogP contribution in [0.2, 0.25) is 0 Å². The van der Waals surface area contributed by atoms with Crippen molar-refractivity contribution in [2.75, 3.05) is 5.75 Å². The van der Waals surface area contributed by atoms with Gasteiger partial charge in [-0.1, -0.05) is 13.0 Å². The number of thioether (sulfide) groups is 1. The van der Waals surface area contributed by atoms with Gasteiger partial charge in [0.25, 0.3) is 0 Å². The highest BCUT2D eigenvalue weighted by atomic mass is 32.2. The normalized spacial score (nSPS) is 10.1. The first-order valence-electron chi connectivity index (χ1n) is 4.57. The van der Waals surface area contributed by atoms with Gasteiger partial charge >= 0.3 is 5.97 Å². The van der Waals surface area contributed by atoms with Gasteiger partial charge in [0.05, 0.1) is 6.42 Å². The molecule has 0 unspecified atom stereocenters. The third kappa shape index (κ3) is 3.07. The monoisotopic (exact) mass is 210 g/mol. The van der Waals surface area contributed by atoms with Crippen LogP contribution in [0.3, 0.4) is 0 Å². The Kier molecular flexibility index (Phi) is 4.01. The van der Waals surface area contributed by atoms with Gasteiger partial charge in [-0.15, -0.1) is 11.8 Å². The first-order valence-corrected chi connectivity index (χ1v) is 5.56. The molecule has 1 rings (SSSR count). The van der Waals surface area contributed by atoms with Crippen molar-refractivity contribution in [2.24, 2.45) is 0 Å². The fourth-order valence-electron chi connectivity index (χ4n) is 1.29. The maximum atomic E-state index is 10.5. The quantitative estimate of drug-likeness (QED) is 0.776. The van der Waals surface area contributed by atoms with Gasteiger partial charge in [0, 0.05) is 4.90 Å². The smallest absolute Gasteiger partial charge is 0.307 e. The lowest BCUT2D eigenvalue weighted by molar-refractivity contribution is -0.136. The van der Waals surface area contributed by atoms with E-state index in [1.807, 2.05) is 25.1 Å². The van der Waals surface area contributed by atoms with E-state index in [9.17, 15) is 4.79 Å². The van der Waals surface area contributed by atoms with Gasteiger partial charge < -0.3 is 5.11 Å². The number of carbonyl (C=O) groups is 1. The Bertz CT molecular complexity index is 334. The van der Waals surface area contributed by atoms with E-state index >= 15 is 0 Å². The number of aryl methyl sites for hydroxylation is 1. The van der Waals surface area contributed by atoms with Crippen molar-refractivity contribution < 1.29 is 9.90 Å². The number of carboxylic acids is 1. The number of rotatable bonds is 4. The first-order chi connectivity index (χ1) is 6.63. The number of benzene rings is 1. The maximum Gasteiger partial charge on any atom is 0.307 e. The average molecular weight is 210 g/mol. The van der Waals surface area contributed by atoms with Gasteiger partial charge in [0.1, 0.15) is 0 Å². The molecule has 0 saturated carbocycles. The lowest BCUT2D eigenvalue weighted by atomic mass is 10.1. The Morgan fingerprint density at radius 3 is 2.71 bits per heavy atom. The van der Waals surface area contributed by atoms with Crippen molar-refractivity contribution in [1.29, 1.82) is 0 Å². The van der Waals surface area contributed by atoms with E-state index in [1.165, 1.54) is 4.90 Å². The average Bonchev–Trinajstić information content (AvgIpc) is 2.10. The fourth-order valence-corrected chi connectivity index (χ4v) is 2.04. The van der Waals surface area contributed by atoms with Crippen molar-refractivity contribution in [3.8, 4) is 0 Å². The molecule has 2 nitrogen and oxygen atoms in total. The zero-order valence-corrected chi connectivity index (χ0v) is 9.23. The molecule has 0 aliphatic carbocycles. The lowest BCUT2D eigenvalue weighted by Crippen LogP contribution is -2.01. The summed E-state index contributed by atoms with van der Waals surface area (Å²) in [4.78, 5) is 11.7. The van der Waals surface area contributed by atoms with Gasteiger partial charge in [-0.3, -0.25) is 4.79 Å². The third-order valence-corrected chi connectivity index (χ3v) is 2.84. The molecule has 1 aromatic rings. The van der Waals surface area contributed by atoms with Crippen LogP contribution in [-0.4, -0.2) is 16.8 Å². The lowest BCUT2D eigenvalue weighted by Gasteiger charge is -2.05. The number of hydrogen-bond donors (Lipinski definition) is 1. The van der Waals surface area contributed by atoms with Crippen molar-refractivity contribution in [1.82, 2.24) is 0 Å². The molecular formula is C11H14O2S. The topological polar surface area (TPSA) is 37.3 Å². The summed E-state index contributed by atoms with van der Waals surface area (Å²) in [5, 5.41) is 8.66. The highest BCUT2D eigenvalue weighted by Crippen LogP contribution is 2.21. The summed E-state index contributed by atoms with van der Waals surface area (Å²) >= 11 is 1.77. The molecule has 76 valence electrons. The summed E-state index contributed by atoms with van der Waals surface area (Å²) in [5.74, 6) is 0.265. The Morgan fingerprint density at radius 2 is 2.21 bits per heavy atom. The van der Waals surface area contributed by atoms with Crippen LogP contribution in [-0.2, 0) is 11.2 Å². The van der Waals surface area contributed by atoms with Crippen LogP contribution < -0.4 is 0 Å². The molecule has 14 heavy (non-hydrogen) atoms. The van der Waals surface area contributed by atoms with Crippen LogP contribution in [0.15, 0.2) is 23.1 Å². The second-order valence-corrected chi connectivity index (χ2v) is 4.43. The van der Waals surface area contributed by atoms with Crippen LogP contribution in [0.1, 0.15) is 18.1 Å². The fraction of sp³-hybridized carbons (Fsp3) is 0.364. The molecule has 0 amide bonds. The summed E-state index contributed by atoms with van der Waals surface area (Å²) in [6.45, 7) is 4.06. The Morgan fingerprint density at radius 1 is 1.50 bits per heavy atom. The molecule has 0 aromatic heterocycles. The molecule has 0 radical (unpaired) electrons. The SMILES string of the molecule is CCSc1ccc(CC(=O)O)c(C)c1. The summed E-state index contributed by atoms with van der Waals surface area (Å²) < 4.78 is 0. The van der Waals surface area contributed by atoms with Crippen LogP contribution in [0.5, 0.6) is 0 Å². The summed E-state index contributed by atoms with van der Waals surface area (Å²) in [6.07, 6.45) is 0.114. The Labute approximate surface area is 88.3 Å². The molecule has 0 spiro atoms. The molecule has 0 aliphatic heterocycles. The van der Waals surface area contributed by atoms with Crippen LogP contribution in [0, 0.1) is 6.92 Å². The van der Waals surface area contributed by atoms with E-state index in [2.05, 4.69) is 6.92 Å². The van der Waals surface area contributed by atoms with E-state index in [4.69, 9.17) is 5.11 Å². The predicted octanol–water partition coefficient (Wildman–Crippen LogP) is 2.73. The van der Waals surface area contributed by atoms with Crippen LogP contribution in [0.25, 0.3) is 0 Å². The van der Waals surface area contributed by atoms with Gasteiger partial charge in [-0.2, -0.15) is 0 Å². The number of aliphatic carboxylic acids is 1. The Hall–Kier alpha value is -0.960. The third-order valence-electron chi connectivity index (χ3n) is 1.97. The summed E-state index contributed by atoms with van der Waals surface area (Å²) in [7, 11) is 0. The standard InChI is InChI=1S/C11H14O2S/c1-3-14-10-5-4-9(7-11(12)13)8(2)6-10/h4-6H,3,7H2,1-2H3,(H,12,13). The molecule has 0 saturated heterocycles. The van der Waals surface area contributed by atoms with Crippen LogP contribution >= 0.6 is 11.8 Å². The zero-order chi connectivity index (χ0) is 10.6. The van der Waals surface area contributed by atoms with E-state index in [1.54, 1.807) is 11.8 Å². The zero-order valence-electron chi connectivity index (χ0n) is 8.41. The van der Waals surface area contributed by atoms with Crippen molar-refractivity contribution in [3.63, 3.8) is 0 Å². The maximum absolute atomic E-state index is 10.5. The minimum Gasteiger partial charge on any atom is -0.481 e. The highest BCUT2D eigenvalue weighted by molar-refractivity contribution is 7.99. The predicted molar refractivity (Wildman–Crippen MR) is 58.9 cm³/mol. The molecule has 1 aromatic carbocycles. The van der Waals surface area contributed by atoms with Crippen molar-refractivity contribution in [3.05, 3.63) is 29.3 Å². The number of hydrogen-bond acceptors (Lipinski definition) is 2. The van der Waals surface area contributed by atoms with Crippen LogP contribution in [0.4, 0.5) is 0 Å². The molecule has 0 bridgehead atoms. The highest BCUT2D eigenvalue weighted by Gasteiger charge is 2.04. The van der Waals surface area contributed by atoms with Gasteiger partial charge in [0.2, 0.25) is 0 Å². The molecule has 0 fully saturated rings. The number of carboxylic acid groups (broad SMARTS) is 1. The van der Waals surface area contributed by atoms with E-state index < -0.39 is 5.97 Å². The minimum atomic E-state index is -0.774.